The van der Waals surface area contributed by atoms with Crippen molar-refractivity contribution in [1.29, 1.82) is 0 Å². The van der Waals surface area contributed by atoms with Gasteiger partial charge in [-0.05, 0) is 37.8 Å². The Balaban J connectivity index is 2.10. The highest BCUT2D eigenvalue weighted by atomic mass is 19.1. The summed E-state index contributed by atoms with van der Waals surface area (Å²) in [6.45, 7) is 2.26. The Morgan fingerprint density at radius 2 is 2.00 bits per heavy atom. The minimum atomic E-state index is -0.213. The van der Waals surface area contributed by atoms with E-state index >= 15 is 0 Å². The zero-order valence-electron chi connectivity index (χ0n) is 13.5. The van der Waals surface area contributed by atoms with Crippen LogP contribution in [-0.4, -0.2) is 14.2 Å². The summed E-state index contributed by atoms with van der Waals surface area (Å²) in [6.07, 6.45) is 7.55. The van der Waals surface area contributed by atoms with Crippen molar-refractivity contribution in [2.45, 2.75) is 51.5 Å². The Labute approximate surface area is 128 Å². The molecule has 0 amide bonds. The molecule has 0 radical (unpaired) electrons. The minimum absolute atomic E-state index is 0.0858. The third-order valence-corrected chi connectivity index (χ3v) is 4.92. The van der Waals surface area contributed by atoms with Gasteiger partial charge >= 0.3 is 0 Å². The van der Waals surface area contributed by atoms with Crippen LogP contribution in [0.3, 0.4) is 0 Å². The largest absolute Gasteiger partial charge is 0.494 e. The van der Waals surface area contributed by atoms with Crippen molar-refractivity contribution in [2.75, 3.05) is 14.2 Å². The van der Waals surface area contributed by atoms with Crippen LogP contribution in [0.1, 0.15) is 57.1 Å². The van der Waals surface area contributed by atoms with Gasteiger partial charge in [0.2, 0.25) is 0 Å². The van der Waals surface area contributed by atoms with Crippen molar-refractivity contribution in [3.8, 4) is 5.75 Å². The summed E-state index contributed by atoms with van der Waals surface area (Å²) >= 11 is 0. The molecule has 3 heteroatoms. The lowest BCUT2D eigenvalue weighted by atomic mass is 9.75. The summed E-state index contributed by atoms with van der Waals surface area (Å²) in [6, 6.07) is 5.54. The van der Waals surface area contributed by atoms with Gasteiger partial charge in [0.15, 0.2) is 11.6 Å². The van der Waals surface area contributed by atoms with Crippen molar-refractivity contribution in [3.63, 3.8) is 0 Å². The molecule has 1 N–H and O–H groups in total. The molecule has 1 aromatic carbocycles. The number of rotatable bonds is 6. The second-order valence-corrected chi connectivity index (χ2v) is 6.20. The summed E-state index contributed by atoms with van der Waals surface area (Å²) < 4.78 is 19.6. The lowest BCUT2D eigenvalue weighted by Gasteiger charge is -2.34. The molecule has 1 unspecified atom stereocenters. The van der Waals surface area contributed by atoms with Gasteiger partial charge in [0.05, 0.1) is 7.11 Å². The van der Waals surface area contributed by atoms with Crippen LogP contribution < -0.4 is 10.1 Å². The van der Waals surface area contributed by atoms with E-state index in [4.69, 9.17) is 4.74 Å². The molecule has 21 heavy (non-hydrogen) atoms. The number of nitrogens with one attached hydrogen (secondary N) is 1. The maximum Gasteiger partial charge on any atom is 0.169 e. The molecule has 0 aliphatic heterocycles. The third-order valence-electron chi connectivity index (χ3n) is 4.92. The highest BCUT2D eigenvalue weighted by Gasteiger charge is 2.29. The van der Waals surface area contributed by atoms with E-state index in [1.54, 1.807) is 6.07 Å². The number of benzene rings is 1. The smallest absolute Gasteiger partial charge is 0.169 e. The Morgan fingerprint density at radius 1 is 1.29 bits per heavy atom. The molecule has 1 saturated carbocycles. The molecule has 1 atom stereocenters. The van der Waals surface area contributed by atoms with Gasteiger partial charge in [0.1, 0.15) is 0 Å². The van der Waals surface area contributed by atoms with Crippen LogP contribution in [0.15, 0.2) is 18.2 Å². The first-order chi connectivity index (χ1) is 10.2. The first-order valence-corrected chi connectivity index (χ1v) is 8.20. The van der Waals surface area contributed by atoms with E-state index in [0.29, 0.717) is 11.7 Å². The first-order valence-electron chi connectivity index (χ1n) is 8.20. The van der Waals surface area contributed by atoms with E-state index in [1.807, 2.05) is 19.2 Å². The molecular weight excluding hydrogens is 265 g/mol. The molecule has 0 heterocycles. The van der Waals surface area contributed by atoms with Gasteiger partial charge in [0, 0.05) is 11.6 Å². The molecule has 2 rings (SSSR count). The molecule has 1 aliphatic carbocycles. The summed E-state index contributed by atoms with van der Waals surface area (Å²) in [5.74, 6) is 1.52. The lowest BCUT2D eigenvalue weighted by Crippen LogP contribution is -2.29. The highest BCUT2D eigenvalue weighted by Crippen LogP contribution is 2.39. The van der Waals surface area contributed by atoms with Crippen molar-refractivity contribution >= 4 is 0 Å². The fourth-order valence-corrected chi connectivity index (χ4v) is 3.79. The minimum Gasteiger partial charge on any atom is -0.494 e. The van der Waals surface area contributed by atoms with Gasteiger partial charge < -0.3 is 10.1 Å². The molecular formula is C18H28FNO. The standard InChI is InChI=1S/C18H28FNO/c1-4-6-13-9-11-14(12-10-13)18(20-2)15-7-5-8-16(21-3)17(15)19/h5,7-8,13-14,18,20H,4,6,9-12H2,1-3H3. The molecule has 0 aromatic heterocycles. The average Bonchev–Trinajstić information content (AvgIpc) is 2.51. The van der Waals surface area contributed by atoms with Gasteiger partial charge in [0.25, 0.3) is 0 Å². The summed E-state index contributed by atoms with van der Waals surface area (Å²) in [5, 5.41) is 3.33. The van der Waals surface area contributed by atoms with Crippen LogP contribution >= 0.6 is 0 Å². The van der Waals surface area contributed by atoms with Gasteiger partial charge in [-0.15, -0.1) is 0 Å². The second-order valence-electron chi connectivity index (χ2n) is 6.20. The summed E-state index contributed by atoms with van der Waals surface area (Å²) in [4.78, 5) is 0. The molecule has 0 saturated heterocycles. The number of hydrogen-bond acceptors (Lipinski definition) is 2. The summed E-state index contributed by atoms with van der Waals surface area (Å²) in [5.41, 5.74) is 0.746. The monoisotopic (exact) mass is 293 g/mol. The SMILES string of the molecule is CCCC1CCC(C(NC)c2cccc(OC)c2F)CC1. The van der Waals surface area contributed by atoms with E-state index in [9.17, 15) is 4.39 Å². The van der Waals surface area contributed by atoms with E-state index in [2.05, 4.69) is 12.2 Å². The quantitative estimate of drug-likeness (QED) is 0.820. The normalized spacial score (nSPS) is 23.8. The summed E-state index contributed by atoms with van der Waals surface area (Å²) in [7, 11) is 3.45. The van der Waals surface area contributed by atoms with Crippen LogP contribution in [0.2, 0.25) is 0 Å². The third kappa shape index (κ3) is 3.76. The topological polar surface area (TPSA) is 21.3 Å². The van der Waals surface area contributed by atoms with Crippen molar-refractivity contribution in [3.05, 3.63) is 29.6 Å². The number of ether oxygens (including phenoxy) is 1. The fraction of sp³-hybridized carbons (Fsp3) is 0.667. The van der Waals surface area contributed by atoms with E-state index in [1.165, 1.54) is 45.6 Å². The molecule has 1 aliphatic rings. The number of methoxy groups -OCH3 is 1. The van der Waals surface area contributed by atoms with Crippen LogP contribution in [-0.2, 0) is 0 Å². The first kappa shape index (κ1) is 16.3. The van der Waals surface area contributed by atoms with Gasteiger partial charge in [-0.25, -0.2) is 4.39 Å². The molecule has 2 nitrogen and oxygen atoms in total. The molecule has 0 bridgehead atoms. The van der Waals surface area contributed by atoms with Gasteiger partial charge in [-0.2, -0.15) is 0 Å². The number of hydrogen-bond donors (Lipinski definition) is 1. The zero-order valence-corrected chi connectivity index (χ0v) is 13.5. The van der Waals surface area contributed by atoms with Gasteiger partial charge in [-0.3, -0.25) is 0 Å². The maximum atomic E-state index is 14.5. The van der Waals surface area contributed by atoms with E-state index in [0.717, 1.165) is 11.5 Å². The predicted octanol–water partition coefficient (Wildman–Crippen LogP) is 4.70. The van der Waals surface area contributed by atoms with E-state index in [-0.39, 0.29) is 11.9 Å². The van der Waals surface area contributed by atoms with Crippen molar-refractivity contribution in [1.82, 2.24) is 5.32 Å². The Kier molecular flexibility index (Phi) is 6.04. The molecule has 1 fully saturated rings. The second kappa shape index (κ2) is 7.79. The Morgan fingerprint density at radius 3 is 2.57 bits per heavy atom. The van der Waals surface area contributed by atoms with Crippen LogP contribution in [0, 0.1) is 17.7 Å². The van der Waals surface area contributed by atoms with Gasteiger partial charge in [-0.1, -0.05) is 44.7 Å². The van der Waals surface area contributed by atoms with Crippen molar-refractivity contribution < 1.29 is 9.13 Å². The van der Waals surface area contributed by atoms with Crippen molar-refractivity contribution in [2.24, 2.45) is 11.8 Å². The Bertz CT molecular complexity index is 441. The molecule has 0 spiro atoms. The molecule has 118 valence electrons. The number of halogens is 1. The Hall–Kier alpha value is -1.09. The molecule has 1 aromatic rings. The lowest BCUT2D eigenvalue weighted by molar-refractivity contribution is 0.216. The fourth-order valence-electron chi connectivity index (χ4n) is 3.79. The zero-order chi connectivity index (χ0) is 15.2. The van der Waals surface area contributed by atoms with Crippen LogP contribution in [0.4, 0.5) is 4.39 Å². The predicted molar refractivity (Wildman–Crippen MR) is 85.1 cm³/mol. The van der Waals surface area contributed by atoms with Crippen LogP contribution in [0.25, 0.3) is 0 Å². The average molecular weight is 293 g/mol. The maximum absolute atomic E-state index is 14.5. The highest BCUT2D eigenvalue weighted by molar-refractivity contribution is 5.33. The van der Waals surface area contributed by atoms with Crippen LogP contribution in [0.5, 0.6) is 5.75 Å². The van der Waals surface area contributed by atoms with E-state index < -0.39 is 0 Å².